The lowest BCUT2D eigenvalue weighted by Crippen LogP contribution is -2.34. The Labute approximate surface area is 175 Å². The highest BCUT2D eigenvalue weighted by Gasteiger charge is 2.48. The molecule has 6 atom stereocenters. The fourth-order valence-corrected chi connectivity index (χ4v) is 4.02. The van der Waals surface area contributed by atoms with Crippen molar-refractivity contribution in [2.75, 3.05) is 5.32 Å². The number of aliphatic hydroxyl groups excluding tert-OH is 1. The molecule has 1 saturated heterocycles. The number of hydrogen-bond acceptors (Lipinski definition) is 8. The number of nitrogens with one attached hydrogen (secondary N) is 1. The van der Waals surface area contributed by atoms with Crippen molar-refractivity contribution in [2.45, 2.75) is 42.9 Å². The maximum atomic E-state index is 11.5. The van der Waals surface area contributed by atoms with E-state index < -0.39 is 30.4 Å². The van der Waals surface area contributed by atoms with Crippen LogP contribution in [-0.2, 0) is 9.53 Å². The van der Waals surface area contributed by atoms with Gasteiger partial charge >= 0.3 is 5.97 Å². The van der Waals surface area contributed by atoms with Crippen LogP contribution in [-0.4, -0.2) is 60.0 Å². The van der Waals surface area contributed by atoms with E-state index in [1.165, 1.54) is 22.8 Å². The van der Waals surface area contributed by atoms with Crippen molar-refractivity contribution in [2.24, 2.45) is 5.11 Å². The Morgan fingerprint density at radius 2 is 2.10 bits per heavy atom. The summed E-state index contributed by atoms with van der Waals surface area (Å²) in [7, 11) is 0. The van der Waals surface area contributed by atoms with Crippen LogP contribution in [0.2, 0.25) is 0 Å². The zero-order chi connectivity index (χ0) is 21.5. The highest BCUT2D eigenvalue weighted by Crippen LogP contribution is 2.43. The minimum atomic E-state index is -1.48. The second-order valence-corrected chi connectivity index (χ2v) is 7.52. The first kappa shape index (κ1) is 19.2. The summed E-state index contributed by atoms with van der Waals surface area (Å²) in [5.74, 6) is -0.406. The second-order valence-electron chi connectivity index (χ2n) is 7.52. The predicted octanol–water partition coefficient (Wildman–Crippen LogP) is 1.82. The molecule has 0 bridgehead atoms. The minimum Gasteiger partial charge on any atom is -0.479 e. The lowest BCUT2D eigenvalue weighted by Gasteiger charge is -2.16. The minimum absolute atomic E-state index is 0.213. The molecule has 1 saturated carbocycles. The summed E-state index contributed by atoms with van der Waals surface area (Å²) in [5.41, 5.74) is 10.8. The molecule has 2 aliphatic rings. The normalized spacial score (nSPS) is 29.5. The lowest BCUT2D eigenvalue weighted by atomic mass is 10.1. The van der Waals surface area contributed by atoms with Gasteiger partial charge < -0.3 is 20.3 Å². The molecule has 0 spiro atoms. The van der Waals surface area contributed by atoms with E-state index in [0.29, 0.717) is 22.9 Å². The smallest absolute Gasteiger partial charge is 0.333 e. The molecule has 158 valence electrons. The van der Waals surface area contributed by atoms with Crippen molar-refractivity contribution in [3.8, 4) is 0 Å². The molecule has 2 aromatic heterocycles. The van der Waals surface area contributed by atoms with Gasteiger partial charge in [-0.3, -0.25) is 4.57 Å². The van der Waals surface area contributed by atoms with Crippen LogP contribution in [0.3, 0.4) is 0 Å². The van der Waals surface area contributed by atoms with Crippen molar-refractivity contribution in [3.63, 3.8) is 0 Å². The Morgan fingerprint density at radius 1 is 1.29 bits per heavy atom. The van der Waals surface area contributed by atoms with Gasteiger partial charge in [0.2, 0.25) is 0 Å². The summed E-state index contributed by atoms with van der Waals surface area (Å²) < 4.78 is 6.92. The number of carbonyl (C=O) groups is 1. The molecule has 2 fully saturated rings. The SMILES string of the molecule is [N-]=[N+]=N[C@H]1[C@@H](O)[C@H](n2cnc3c(NC4CC4c4ccccc4)ncnc32)O[C@@H]1C(=O)O. The maximum Gasteiger partial charge on any atom is 0.333 e. The first-order chi connectivity index (χ1) is 15.1. The van der Waals surface area contributed by atoms with E-state index in [9.17, 15) is 15.0 Å². The Hall–Kier alpha value is -3.73. The fraction of sp³-hybridized carbons (Fsp3) is 0.368. The number of carboxylic acids is 1. The number of aliphatic hydroxyl groups is 1. The number of fused-ring (bicyclic) bond motifs is 1. The average molecular weight is 422 g/mol. The highest BCUT2D eigenvalue weighted by molar-refractivity contribution is 5.83. The molecular formula is C19H18N8O4. The number of azide groups is 1. The van der Waals surface area contributed by atoms with Crippen molar-refractivity contribution in [1.29, 1.82) is 0 Å². The molecule has 1 aliphatic heterocycles. The van der Waals surface area contributed by atoms with Crippen LogP contribution in [0, 0.1) is 0 Å². The van der Waals surface area contributed by atoms with Crippen LogP contribution < -0.4 is 5.32 Å². The molecular weight excluding hydrogens is 404 g/mol. The first-order valence-electron chi connectivity index (χ1n) is 9.68. The quantitative estimate of drug-likeness (QED) is 0.306. The highest BCUT2D eigenvalue weighted by atomic mass is 16.6. The number of hydrogen-bond donors (Lipinski definition) is 3. The van der Waals surface area contributed by atoms with Gasteiger partial charge in [-0.1, -0.05) is 35.4 Å². The van der Waals surface area contributed by atoms with Gasteiger partial charge in [-0.15, -0.1) is 0 Å². The van der Waals surface area contributed by atoms with Crippen LogP contribution in [0.5, 0.6) is 0 Å². The van der Waals surface area contributed by atoms with Gasteiger partial charge in [-0.2, -0.15) is 0 Å². The topological polar surface area (TPSA) is 171 Å². The van der Waals surface area contributed by atoms with Gasteiger partial charge in [-0.05, 0) is 17.5 Å². The van der Waals surface area contributed by atoms with Crippen LogP contribution in [0.15, 0.2) is 48.1 Å². The molecule has 1 aromatic carbocycles. The third-order valence-corrected chi connectivity index (χ3v) is 5.64. The van der Waals surface area contributed by atoms with E-state index in [2.05, 4.69) is 42.4 Å². The number of rotatable bonds is 6. The summed E-state index contributed by atoms with van der Waals surface area (Å²) in [5, 5.41) is 26.7. The molecule has 0 radical (unpaired) electrons. The number of anilines is 1. The zero-order valence-corrected chi connectivity index (χ0v) is 16.1. The van der Waals surface area contributed by atoms with Gasteiger partial charge in [-0.25, -0.2) is 19.7 Å². The van der Waals surface area contributed by atoms with Gasteiger partial charge in [0.1, 0.15) is 18.5 Å². The van der Waals surface area contributed by atoms with E-state index in [0.717, 1.165) is 6.42 Å². The number of imidazole rings is 1. The molecule has 5 rings (SSSR count). The van der Waals surface area contributed by atoms with Crippen molar-refractivity contribution in [3.05, 3.63) is 59.0 Å². The molecule has 31 heavy (non-hydrogen) atoms. The Morgan fingerprint density at radius 3 is 2.84 bits per heavy atom. The van der Waals surface area contributed by atoms with Crippen LogP contribution in [0.25, 0.3) is 21.6 Å². The maximum absolute atomic E-state index is 11.5. The zero-order valence-electron chi connectivity index (χ0n) is 16.1. The van der Waals surface area contributed by atoms with E-state index in [4.69, 9.17) is 10.3 Å². The number of carboxylic acid groups (broad SMARTS) is 1. The summed E-state index contributed by atoms with van der Waals surface area (Å²) >= 11 is 0. The third kappa shape index (κ3) is 3.32. The predicted molar refractivity (Wildman–Crippen MR) is 107 cm³/mol. The van der Waals surface area contributed by atoms with Crippen molar-refractivity contribution in [1.82, 2.24) is 19.5 Å². The number of ether oxygens (including phenoxy) is 1. The Bertz CT molecular complexity index is 1180. The average Bonchev–Trinajstić information content (AvgIpc) is 3.28. The Balaban J connectivity index is 1.41. The number of nitrogens with zero attached hydrogens (tertiary/aromatic N) is 7. The number of aliphatic carboxylic acids is 1. The first-order valence-corrected chi connectivity index (χ1v) is 9.68. The van der Waals surface area contributed by atoms with E-state index in [-0.39, 0.29) is 6.04 Å². The monoisotopic (exact) mass is 422 g/mol. The van der Waals surface area contributed by atoms with Gasteiger partial charge in [0.25, 0.3) is 0 Å². The van der Waals surface area contributed by atoms with Crippen molar-refractivity contribution < 1.29 is 19.7 Å². The van der Waals surface area contributed by atoms with Gasteiger partial charge in [0, 0.05) is 16.9 Å². The fourth-order valence-electron chi connectivity index (χ4n) is 4.02. The third-order valence-electron chi connectivity index (χ3n) is 5.64. The van der Waals surface area contributed by atoms with Gasteiger partial charge in [0.05, 0.1) is 6.33 Å². The van der Waals surface area contributed by atoms with E-state index in [1.54, 1.807) is 0 Å². The standard InChI is InChI=1S/C19H18N8O4/c20-26-25-12-14(28)18(31-15(12)19(29)30)27-8-23-13-16(21-7-22-17(13)27)24-11-6-10(11)9-4-2-1-3-5-9/h1-5,7-8,10-12,14-15,18,28H,6H2,(H,29,30)(H,21,22,24)/t10?,11?,12-,14+,15-,18+/m0/s1. The van der Waals surface area contributed by atoms with Crippen molar-refractivity contribution >= 4 is 23.0 Å². The second kappa shape index (κ2) is 7.51. The van der Waals surface area contributed by atoms with Crippen LogP contribution in [0.1, 0.15) is 24.1 Å². The number of aromatic nitrogens is 4. The molecule has 3 heterocycles. The molecule has 1 aliphatic carbocycles. The molecule has 0 amide bonds. The summed E-state index contributed by atoms with van der Waals surface area (Å²) in [6.45, 7) is 0. The molecule has 3 N–H and O–H groups in total. The lowest BCUT2D eigenvalue weighted by molar-refractivity contribution is -0.152. The Kier molecular flexibility index (Phi) is 4.66. The summed E-state index contributed by atoms with van der Waals surface area (Å²) in [6.07, 6.45) is -0.254. The molecule has 2 unspecified atom stereocenters. The van der Waals surface area contributed by atoms with Gasteiger partial charge in [0.15, 0.2) is 29.3 Å². The molecule has 3 aromatic rings. The van der Waals surface area contributed by atoms with E-state index in [1.807, 2.05) is 18.2 Å². The number of benzene rings is 1. The van der Waals surface area contributed by atoms with Crippen LogP contribution in [0.4, 0.5) is 5.82 Å². The van der Waals surface area contributed by atoms with E-state index >= 15 is 0 Å². The molecule has 12 nitrogen and oxygen atoms in total. The summed E-state index contributed by atoms with van der Waals surface area (Å²) in [6, 6.07) is 9.12. The molecule has 12 heteroatoms. The summed E-state index contributed by atoms with van der Waals surface area (Å²) in [4.78, 5) is 27.0. The van der Waals surface area contributed by atoms with Crippen LogP contribution >= 0.6 is 0 Å². The largest absolute Gasteiger partial charge is 0.479 e.